The molecule has 2 aliphatic heterocycles. The van der Waals surface area contributed by atoms with E-state index in [1.165, 1.54) is 50.1 Å². The Hall–Kier alpha value is -0.900. The van der Waals surface area contributed by atoms with Gasteiger partial charge in [0.1, 0.15) is 0 Å². The lowest BCUT2D eigenvalue weighted by molar-refractivity contribution is 0.148. The van der Waals surface area contributed by atoms with Crippen LogP contribution in [-0.4, -0.2) is 85.6 Å². The summed E-state index contributed by atoms with van der Waals surface area (Å²) < 4.78 is 0. The molecular formula is C24H43IN6. The van der Waals surface area contributed by atoms with Gasteiger partial charge in [0.25, 0.3) is 0 Å². The molecule has 0 saturated carbocycles. The van der Waals surface area contributed by atoms with E-state index in [0.29, 0.717) is 12.1 Å². The second kappa shape index (κ2) is 13.6. The van der Waals surface area contributed by atoms with Crippen LogP contribution in [0, 0.1) is 0 Å². The number of benzene rings is 1. The summed E-state index contributed by atoms with van der Waals surface area (Å²) in [4.78, 5) is 12.4. The number of nitrogens with one attached hydrogen (secondary N) is 2. The number of hydrogen-bond donors (Lipinski definition) is 2. The molecular weight excluding hydrogens is 499 g/mol. The van der Waals surface area contributed by atoms with Crippen molar-refractivity contribution in [1.82, 2.24) is 25.3 Å². The molecule has 2 aliphatic rings. The minimum Gasteiger partial charge on any atom is -0.357 e. The number of likely N-dealkylation sites (tertiary alicyclic amines) is 1. The Morgan fingerprint density at radius 1 is 1.00 bits per heavy atom. The normalized spacial score (nSPS) is 20.0. The first-order valence-electron chi connectivity index (χ1n) is 11.8. The lowest BCUT2D eigenvalue weighted by Gasteiger charge is -2.35. The van der Waals surface area contributed by atoms with Crippen LogP contribution in [-0.2, 0) is 13.1 Å². The summed E-state index contributed by atoms with van der Waals surface area (Å²) in [6.07, 6.45) is 2.37. The number of piperidine rings is 1. The fraction of sp³-hybridized carbons (Fsp3) is 0.708. The van der Waals surface area contributed by atoms with Crippen LogP contribution in [0.25, 0.3) is 0 Å². The summed E-state index contributed by atoms with van der Waals surface area (Å²) in [6, 6.07) is 10.2. The van der Waals surface area contributed by atoms with E-state index in [-0.39, 0.29) is 24.0 Å². The van der Waals surface area contributed by atoms with Crippen molar-refractivity contribution in [2.75, 3.05) is 52.9 Å². The van der Waals surface area contributed by atoms with Crippen molar-refractivity contribution in [2.45, 2.75) is 58.8 Å². The molecule has 0 bridgehead atoms. The quantitative estimate of drug-likeness (QED) is 0.315. The molecule has 0 atom stereocenters. The van der Waals surface area contributed by atoms with E-state index in [1.54, 1.807) is 0 Å². The first-order valence-corrected chi connectivity index (χ1v) is 11.8. The molecule has 0 unspecified atom stereocenters. The van der Waals surface area contributed by atoms with E-state index in [0.717, 1.165) is 38.7 Å². The summed E-state index contributed by atoms with van der Waals surface area (Å²) in [5, 5.41) is 7.08. The summed E-state index contributed by atoms with van der Waals surface area (Å²) in [5.74, 6) is 0.946. The average molecular weight is 543 g/mol. The molecule has 3 rings (SSSR count). The van der Waals surface area contributed by atoms with Crippen molar-refractivity contribution in [3.63, 3.8) is 0 Å². The zero-order valence-corrected chi connectivity index (χ0v) is 22.3. The zero-order valence-electron chi connectivity index (χ0n) is 19.9. The summed E-state index contributed by atoms with van der Waals surface area (Å²) >= 11 is 0. The van der Waals surface area contributed by atoms with Crippen LogP contribution in [0.1, 0.15) is 44.7 Å². The zero-order chi connectivity index (χ0) is 21.3. The molecule has 6 nitrogen and oxygen atoms in total. The molecule has 0 amide bonds. The predicted molar refractivity (Wildman–Crippen MR) is 142 cm³/mol. The number of aliphatic imine (C=N–C) groups is 1. The summed E-state index contributed by atoms with van der Waals surface area (Å²) in [5.41, 5.74) is 2.66. The third-order valence-electron chi connectivity index (χ3n) is 6.39. The molecule has 7 heteroatoms. The van der Waals surface area contributed by atoms with Gasteiger partial charge in [0.05, 0.1) is 6.54 Å². The fourth-order valence-electron chi connectivity index (χ4n) is 4.26. The molecule has 2 N–H and O–H groups in total. The molecule has 0 aromatic heterocycles. The molecule has 0 aliphatic carbocycles. The van der Waals surface area contributed by atoms with E-state index >= 15 is 0 Å². The second-order valence-corrected chi connectivity index (χ2v) is 9.14. The minimum absolute atomic E-state index is 0. The third-order valence-corrected chi connectivity index (χ3v) is 6.39. The molecule has 0 radical (unpaired) electrons. The van der Waals surface area contributed by atoms with Gasteiger partial charge in [0, 0.05) is 64.4 Å². The van der Waals surface area contributed by atoms with Gasteiger partial charge in [0.2, 0.25) is 0 Å². The maximum Gasteiger partial charge on any atom is 0.191 e. The smallest absolute Gasteiger partial charge is 0.191 e. The number of halogens is 1. The number of rotatable bonds is 7. The molecule has 176 valence electrons. The molecule has 0 spiro atoms. The van der Waals surface area contributed by atoms with Crippen molar-refractivity contribution >= 4 is 29.9 Å². The number of guanidine groups is 1. The number of nitrogens with zero attached hydrogens (tertiary/aromatic N) is 4. The SMILES string of the molecule is CCNC(=NCc1ccc(CN2CCN(C)CC2)cc1)NC1CCN(C(C)C)CC1.I. The predicted octanol–water partition coefficient (Wildman–Crippen LogP) is 2.98. The highest BCUT2D eigenvalue weighted by atomic mass is 127. The first-order chi connectivity index (χ1) is 14.5. The highest BCUT2D eigenvalue weighted by Gasteiger charge is 2.21. The van der Waals surface area contributed by atoms with Crippen molar-refractivity contribution in [2.24, 2.45) is 4.99 Å². The van der Waals surface area contributed by atoms with Gasteiger partial charge in [-0.05, 0) is 51.8 Å². The summed E-state index contributed by atoms with van der Waals surface area (Å²) in [6.45, 7) is 16.4. The highest BCUT2D eigenvalue weighted by Crippen LogP contribution is 2.13. The van der Waals surface area contributed by atoms with Gasteiger partial charge in [0.15, 0.2) is 5.96 Å². The number of hydrogen-bond acceptors (Lipinski definition) is 4. The monoisotopic (exact) mass is 542 g/mol. The van der Waals surface area contributed by atoms with Crippen LogP contribution in [0.3, 0.4) is 0 Å². The van der Waals surface area contributed by atoms with Gasteiger partial charge in [-0.2, -0.15) is 0 Å². The van der Waals surface area contributed by atoms with Gasteiger partial charge >= 0.3 is 0 Å². The fourth-order valence-corrected chi connectivity index (χ4v) is 4.26. The molecule has 1 aromatic rings. The Labute approximate surface area is 206 Å². The van der Waals surface area contributed by atoms with Gasteiger partial charge < -0.3 is 20.4 Å². The number of likely N-dealkylation sites (N-methyl/N-ethyl adjacent to an activating group) is 1. The van der Waals surface area contributed by atoms with Crippen molar-refractivity contribution in [3.05, 3.63) is 35.4 Å². The molecule has 2 saturated heterocycles. The third kappa shape index (κ3) is 8.86. The van der Waals surface area contributed by atoms with E-state index in [2.05, 4.69) is 77.4 Å². The highest BCUT2D eigenvalue weighted by molar-refractivity contribution is 14.0. The molecule has 2 heterocycles. The molecule has 31 heavy (non-hydrogen) atoms. The minimum atomic E-state index is 0. The van der Waals surface area contributed by atoms with Gasteiger partial charge in [-0.25, -0.2) is 4.99 Å². The van der Waals surface area contributed by atoms with Crippen LogP contribution < -0.4 is 10.6 Å². The molecule has 1 aromatic carbocycles. The van der Waals surface area contributed by atoms with Crippen molar-refractivity contribution in [3.8, 4) is 0 Å². The largest absolute Gasteiger partial charge is 0.357 e. The van der Waals surface area contributed by atoms with Gasteiger partial charge in [-0.3, -0.25) is 4.90 Å². The Balaban J connectivity index is 0.00000341. The van der Waals surface area contributed by atoms with Crippen molar-refractivity contribution in [1.29, 1.82) is 0 Å². The number of piperazine rings is 1. The maximum atomic E-state index is 4.85. The Kier molecular flexibility index (Phi) is 11.6. The lowest BCUT2D eigenvalue weighted by atomic mass is 10.0. The van der Waals surface area contributed by atoms with E-state index in [9.17, 15) is 0 Å². The second-order valence-electron chi connectivity index (χ2n) is 9.14. The topological polar surface area (TPSA) is 46.1 Å². The average Bonchev–Trinajstić information content (AvgIpc) is 2.75. The van der Waals surface area contributed by atoms with Crippen LogP contribution in [0.15, 0.2) is 29.3 Å². The van der Waals surface area contributed by atoms with Crippen LogP contribution >= 0.6 is 24.0 Å². The van der Waals surface area contributed by atoms with Gasteiger partial charge in [-0.1, -0.05) is 24.3 Å². The van der Waals surface area contributed by atoms with E-state index in [1.807, 2.05) is 0 Å². The van der Waals surface area contributed by atoms with Crippen LogP contribution in [0.5, 0.6) is 0 Å². The maximum absolute atomic E-state index is 4.85. The standard InChI is InChI=1S/C24H42N6.HI/c1-5-25-24(27-23-10-12-30(13-11-23)20(2)3)26-18-21-6-8-22(9-7-21)19-29-16-14-28(4)15-17-29;/h6-9,20,23H,5,10-19H2,1-4H3,(H2,25,26,27);1H. The van der Waals surface area contributed by atoms with Crippen molar-refractivity contribution < 1.29 is 0 Å². The van der Waals surface area contributed by atoms with Crippen LogP contribution in [0.4, 0.5) is 0 Å². The Morgan fingerprint density at radius 3 is 2.19 bits per heavy atom. The van der Waals surface area contributed by atoms with Gasteiger partial charge in [-0.15, -0.1) is 24.0 Å². The summed E-state index contributed by atoms with van der Waals surface area (Å²) in [7, 11) is 2.21. The molecule has 2 fully saturated rings. The lowest BCUT2D eigenvalue weighted by Crippen LogP contribution is -2.49. The van der Waals surface area contributed by atoms with Crippen LogP contribution in [0.2, 0.25) is 0 Å². The van der Waals surface area contributed by atoms with E-state index < -0.39 is 0 Å². The Morgan fingerprint density at radius 2 is 1.61 bits per heavy atom. The Bertz CT molecular complexity index is 647. The van der Waals surface area contributed by atoms with E-state index in [4.69, 9.17) is 4.99 Å². The first kappa shape index (κ1) is 26.4.